The summed E-state index contributed by atoms with van der Waals surface area (Å²) in [7, 11) is 0. The number of hydrazone groups is 1. The molecule has 1 aliphatic heterocycles. The van der Waals surface area contributed by atoms with Crippen molar-refractivity contribution in [1.29, 1.82) is 0 Å². The minimum absolute atomic E-state index is 0.0444. The lowest BCUT2D eigenvalue weighted by Gasteiger charge is -2.21. The van der Waals surface area contributed by atoms with Crippen molar-refractivity contribution < 1.29 is 9.32 Å². The van der Waals surface area contributed by atoms with Crippen molar-refractivity contribution in [2.45, 2.75) is 19.4 Å². The summed E-state index contributed by atoms with van der Waals surface area (Å²) in [5.41, 5.74) is 6.28. The number of nitrogens with zero attached hydrogens (tertiary/aromatic N) is 4. The van der Waals surface area contributed by atoms with Gasteiger partial charge in [-0.1, -0.05) is 5.16 Å². The number of hydrogen-bond acceptors (Lipinski definition) is 6. The average Bonchev–Trinajstić information content (AvgIpc) is 2.74. The first-order valence-corrected chi connectivity index (χ1v) is 4.61. The highest BCUT2D eigenvalue weighted by Crippen LogP contribution is 2.10. The zero-order valence-electron chi connectivity index (χ0n) is 8.09. The molecule has 0 radical (unpaired) electrons. The van der Waals surface area contributed by atoms with Crippen LogP contribution in [0.5, 0.6) is 0 Å². The quantitative estimate of drug-likeness (QED) is 0.724. The van der Waals surface area contributed by atoms with E-state index in [4.69, 9.17) is 5.73 Å². The van der Waals surface area contributed by atoms with Gasteiger partial charge in [-0.2, -0.15) is 10.1 Å². The number of aromatic nitrogens is 2. The highest BCUT2D eigenvalue weighted by molar-refractivity contribution is 5.93. The zero-order chi connectivity index (χ0) is 10.7. The standard InChI is InChI=1S/C8H11N5O2/c9-3-6-1-2-8(14)13(11-6)4-7-10-5-15-12-7/h5H,1-4,9H2. The van der Waals surface area contributed by atoms with Crippen molar-refractivity contribution in [1.82, 2.24) is 15.1 Å². The predicted molar refractivity (Wildman–Crippen MR) is 50.6 cm³/mol. The van der Waals surface area contributed by atoms with Gasteiger partial charge in [-0.25, -0.2) is 5.01 Å². The van der Waals surface area contributed by atoms with Crippen molar-refractivity contribution in [2.24, 2.45) is 10.8 Å². The number of amides is 1. The third-order valence-corrected chi connectivity index (χ3v) is 2.11. The molecule has 1 aromatic heterocycles. The van der Waals surface area contributed by atoms with E-state index in [0.29, 0.717) is 25.2 Å². The molecule has 0 saturated carbocycles. The Balaban J connectivity index is 2.09. The van der Waals surface area contributed by atoms with Crippen LogP contribution in [0.15, 0.2) is 16.0 Å². The smallest absolute Gasteiger partial charge is 0.243 e. The first-order valence-electron chi connectivity index (χ1n) is 4.61. The van der Waals surface area contributed by atoms with Gasteiger partial charge in [0.05, 0.1) is 5.71 Å². The van der Waals surface area contributed by atoms with E-state index in [-0.39, 0.29) is 12.5 Å². The molecule has 0 spiro atoms. The molecule has 0 bridgehead atoms. The van der Waals surface area contributed by atoms with E-state index < -0.39 is 0 Å². The Morgan fingerprint density at radius 2 is 2.40 bits per heavy atom. The number of rotatable bonds is 3. The van der Waals surface area contributed by atoms with Crippen LogP contribution in [0.1, 0.15) is 18.7 Å². The third-order valence-electron chi connectivity index (χ3n) is 2.11. The molecular weight excluding hydrogens is 198 g/mol. The number of hydrogen-bond donors (Lipinski definition) is 1. The third kappa shape index (κ3) is 2.18. The monoisotopic (exact) mass is 209 g/mol. The van der Waals surface area contributed by atoms with E-state index in [1.165, 1.54) is 11.4 Å². The summed E-state index contributed by atoms with van der Waals surface area (Å²) in [4.78, 5) is 15.3. The van der Waals surface area contributed by atoms with Crippen LogP contribution in [-0.2, 0) is 11.3 Å². The lowest BCUT2D eigenvalue weighted by molar-refractivity contribution is -0.132. The van der Waals surface area contributed by atoms with Crippen LogP contribution < -0.4 is 5.73 Å². The van der Waals surface area contributed by atoms with Crippen molar-refractivity contribution in [3.05, 3.63) is 12.2 Å². The van der Waals surface area contributed by atoms with Gasteiger partial charge >= 0.3 is 0 Å². The van der Waals surface area contributed by atoms with Gasteiger partial charge in [0.25, 0.3) is 0 Å². The Kier molecular flexibility index (Phi) is 2.72. The molecule has 15 heavy (non-hydrogen) atoms. The summed E-state index contributed by atoms with van der Waals surface area (Å²) in [6.07, 6.45) is 2.29. The molecular formula is C8H11N5O2. The molecule has 0 fully saturated rings. The highest BCUT2D eigenvalue weighted by atomic mass is 16.5. The summed E-state index contributed by atoms with van der Waals surface area (Å²) in [5, 5.41) is 9.05. The minimum Gasteiger partial charge on any atom is -0.343 e. The van der Waals surface area contributed by atoms with Crippen molar-refractivity contribution >= 4 is 11.6 Å². The van der Waals surface area contributed by atoms with Gasteiger partial charge in [0.2, 0.25) is 12.3 Å². The fourth-order valence-electron chi connectivity index (χ4n) is 1.32. The van der Waals surface area contributed by atoms with Crippen LogP contribution in [0.25, 0.3) is 0 Å². The van der Waals surface area contributed by atoms with Gasteiger partial charge < -0.3 is 10.3 Å². The van der Waals surface area contributed by atoms with Crippen LogP contribution in [0.3, 0.4) is 0 Å². The summed E-state index contributed by atoms with van der Waals surface area (Å²) in [6.45, 7) is 0.606. The largest absolute Gasteiger partial charge is 0.343 e. The van der Waals surface area contributed by atoms with Crippen LogP contribution in [-0.4, -0.2) is 33.3 Å². The van der Waals surface area contributed by atoms with E-state index in [9.17, 15) is 4.79 Å². The Labute approximate surface area is 85.9 Å². The highest BCUT2D eigenvalue weighted by Gasteiger charge is 2.20. The first kappa shape index (κ1) is 9.78. The lowest BCUT2D eigenvalue weighted by atomic mass is 10.2. The van der Waals surface area contributed by atoms with Crippen LogP contribution in [0.2, 0.25) is 0 Å². The molecule has 80 valence electrons. The summed E-state index contributed by atoms with van der Waals surface area (Å²) < 4.78 is 4.57. The molecule has 7 heteroatoms. The molecule has 0 aliphatic carbocycles. The molecule has 0 saturated heterocycles. The van der Waals surface area contributed by atoms with E-state index in [1.54, 1.807) is 0 Å². The van der Waals surface area contributed by atoms with E-state index in [1.807, 2.05) is 0 Å². The van der Waals surface area contributed by atoms with E-state index >= 15 is 0 Å². The average molecular weight is 209 g/mol. The maximum absolute atomic E-state index is 11.5. The van der Waals surface area contributed by atoms with E-state index in [0.717, 1.165) is 5.71 Å². The van der Waals surface area contributed by atoms with Crippen molar-refractivity contribution in [3.8, 4) is 0 Å². The Bertz CT molecular complexity index is 372. The SMILES string of the molecule is NCC1=NN(Cc2ncon2)C(=O)CC1. The predicted octanol–water partition coefficient (Wildman–Crippen LogP) is -0.493. The summed E-state index contributed by atoms with van der Waals surface area (Å²) >= 11 is 0. The molecule has 2 N–H and O–H groups in total. The summed E-state index contributed by atoms with van der Waals surface area (Å²) in [5.74, 6) is 0.391. The lowest BCUT2D eigenvalue weighted by Crippen LogP contribution is -2.33. The fourth-order valence-corrected chi connectivity index (χ4v) is 1.32. The van der Waals surface area contributed by atoms with Gasteiger partial charge in [0, 0.05) is 13.0 Å². The molecule has 7 nitrogen and oxygen atoms in total. The molecule has 1 aliphatic rings. The van der Waals surface area contributed by atoms with Crippen LogP contribution >= 0.6 is 0 Å². The van der Waals surface area contributed by atoms with Gasteiger partial charge in [-0.3, -0.25) is 4.79 Å². The number of carbonyl (C=O) groups is 1. The van der Waals surface area contributed by atoms with Gasteiger partial charge in [-0.15, -0.1) is 0 Å². The normalized spacial score (nSPS) is 16.7. The second-order valence-corrected chi connectivity index (χ2v) is 3.17. The van der Waals surface area contributed by atoms with E-state index in [2.05, 4.69) is 19.8 Å². The second-order valence-electron chi connectivity index (χ2n) is 3.17. The minimum atomic E-state index is -0.0444. The topological polar surface area (TPSA) is 97.6 Å². The Morgan fingerprint density at radius 1 is 1.53 bits per heavy atom. The first-order chi connectivity index (χ1) is 7.29. The number of nitrogens with two attached hydrogens (primary N) is 1. The van der Waals surface area contributed by atoms with Gasteiger partial charge in [-0.05, 0) is 6.42 Å². The molecule has 1 amide bonds. The Hall–Kier alpha value is -1.76. The van der Waals surface area contributed by atoms with Gasteiger partial charge in [0.1, 0.15) is 6.54 Å². The van der Waals surface area contributed by atoms with Crippen molar-refractivity contribution in [2.75, 3.05) is 6.54 Å². The Morgan fingerprint density at radius 3 is 3.07 bits per heavy atom. The molecule has 1 aromatic rings. The summed E-state index contributed by atoms with van der Waals surface area (Å²) in [6, 6.07) is 0. The molecule has 0 atom stereocenters. The molecule has 0 aromatic carbocycles. The molecule has 2 heterocycles. The maximum atomic E-state index is 11.5. The van der Waals surface area contributed by atoms with Crippen LogP contribution in [0.4, 0.5) is 0 Å². The van der Waals surface area contributed by atoms with Gasteiger partial charge in [0.15, 0.2) is 5.82 Å². The molecule has 2 rings (SSSR count). The maximum Gasteiger partial charge on any atom is 0.243 e. The van der Waals surface area contributed by atoms with Crippen LogP contribution in [0, 0.1) is 0 Å². The molecule has 0 unspecified atom stereocenters. The fraction of sp³-hybridized carbons (Fsp3) is 0.500. The second kappa shape index (κ2) is 4.18. The zero-order valence-corrected chi connectivity index (χ0v) is 8.09. The number of carbonyl (C=O) groups excluding carboxylic acids is 1. The van der Waals surface area contributed by atoms with Crippen molar-refractivity contribution in [3.63, 3.8) is 0 Å².